The molecule has 2 heterocycles. The highest BCUT2D eigenvalue weighted by Crippen LogP contribution is 2.36. The van der Waals surface area contributed by atoms with Crippen molar-refractivity contribution in [3.63, 3.8) is 0 Å². The van der Waals surface area contributed by atoms with Crippen LogP contribution in [0.3, 0.4) is 0 Å². The van der Waals surface area contributed by atoms with Crippen LogP contribution in [0.5, 0.6) is 11.5 Å². The Morgan fingerprint density at radius 3 is 2.48 bits per heavy atom. The maximum Gasteiger partial charge on any atom is 0.198 e. The number of aryl methyl sites for hydroxylation is 1. The monoisotopic (exact) mass is 310 g/mol. The Morgan fingerprint density at radius 2 is 1.78 bits per heavy atom. The van der Waals surface area contributed by atoms with E-state index in [1.165, 1.54) is 0 Å². The number of ether oxygens (including phenoxy) is 2. The Hall–Kier alpha value is -3.02. The van der Waals surface area contributed by atoms with Gasteiger partial charge in [0.05, 0.1) is 25.6 Å². The minimum atomic E-state index is 0.360. The zero-order chi connectivity index (χ0) is 16.4. The molecule has 0 fully saturated rings. The summed E-state index contributed by atoms with van der Waals surface area (Å²) < 4.78 is 10.6. The molecular formula is C17H18N4O2. The number of benzene rings is 1. The molecule has 0 spiro atoms. The lowest BCUT2D eigenvalue weighted by molar-refractivity contribution is 0.355. The molecule has 6 nitrogen and oxygen atoms in total. The summed E-state index contributed by atoms with van der Waals surface area (Å²) in [5.74, 6) is 1.67. The first kappa shape index (κ1) is 14.9. The number of rotatable bonds is 4. The maximum absolute atomic E-state index is 5.88. The predicted octanol–water partition coefficient (Wildman–Crippen LogP) is 3.05. The number of anilines is 1. The quantitative estimate of drug-likeness (QED) is 0.773. The third kappa shape index (κ3) is 2.83. The topological polar surface area (TPSA) is 86.0 Å². The van der Waals surface area contributed by atoms with Crippen LogP contribution in [0.2, 0.25) is 0 Å². The number of imidazole rings is 1. The van der Waals surface area contributed by atoms with Gasteiger partial charge < -0.3 is 20.2 Å². The van der Waals surface area contributed by atoms with Crippen LogP contribution < -0.4 is 15.2 Å². The molecular weight excluding hydrogens is 292 g/mol. The first-order chi connectivity index (χ1) is 11.1. The van der Waals surface area contributed by atoms with Gasteiger partial charge in [-0.05, 0) is 37.3 Å². The van der Waals surface area contributed by atoms with Crippen molar-refractivity contribution < 1.29 is 9.47 Å². The van der Waals surface area contributed by atoms with Gasteiger partial charge in [-0.15, -0.1) is 0 Å². The molecule has 6 heteroatoms. The summed E-state index contributed by atoms with van der Waals surface area (Å²) in [6.07, 6.45) is 1.76. The smallest absolute Gasteiger partial charge is 0.198 e. The number of hydrogen-bond donors (Lipinski definition) is 2. The van der Waals surface area contributed by atoms with Gasteiger partial charge in [-0.25, -0.2) is 4.98 Å². The lowest BCUT2D eigenvalue weighted by Crippen LogP contribution is -1.92. The zero-order valence-corrected chi connectivity index (χ0v) is 13.3. The Kier molecular flexibility index (Phi) is 3.89. The van der Waals surface area contributed by atoms with Gasteiger partial charge in [0.1, 0.15) is 0 Å². The number of aromatic amines is 1. The lowest BCUT2D eigenvalue weighted by Gasteiger charge is -2.09. The first-order valence-corrected chi connectivity index (χ1v) is 7.13. The van der Waals surface area contributed by atoms with E-state index in [0.29, 0.717) is 17.4 Å². The van der Waals surface area contributed by atoms with Crippen LogP contribution in [0.25, 0.3) is 22.5 Å². The van der Waals surface area contributed by atoms with Crippen LogP contribution in [0.4, 0.5) is 5.95 Å². The summed E-state index contributed by atoms with van der Waals surface area (Å²) in [5, 5.41) is 0. The van der Waals surface area contributed by atoms with Crippen molar-refractivity contribution in [3.05, 3.63) is 42.2 Å². The fourth-order valence-electron chi connectivity index (χ4n) is 2.49. The van der Waals surface area contributed by atoms with Gasteiger partial charge in [0, 0.05) is 23.0 Å². The normalized spacial score (nSPS) is 10.6. The lowest BCUT2D eigenvalue weighted by atomic mass is 10.0. The third-order valence-corrected chi connectivity index (χ3v) is 3.56. The zero-order valence-electron chi connectivity index (χ0n) is 13.3. The predicted molar refractivity (Wildman–Crippen MR) is 89.5 cm³/mol. The van der Waals surface area contributed by atoms with Crippen LogP contribution in [0.15, 0.2) is 36.5 Å². The first-order valence-electron chi connectivity index (χ1n) is 7.13. The van der Waals surface area contributed by atoms with Gasteiger partial charge >= 0.3 is 0 Å². The van der Waals surface area contributed by atoms with Crippen LogP contribution in [-0.4, -0.2) is 29.2 Å². The summed E-state index contributed by atoms with van der Waals surface area (Å²) in [7, 11) is 3.21. The van der Waals surface area contributed by atoms with Gasteiger partial charge in [0.25, 0.3) is 0 Å². The standard InChI is InChI=1S/C17H18N4O2/c1-10-8-12(6-7-19-10)16-15(20-17(18)21-16)11-4-5-13(22-2)14(9-11)23-3/h4-9H,1-3H3,(H3,18,20,21). The number of H-pyrrole nitrogens is 1. The van der Waals surface area contributed by atoms with E-state index >= 15 is 0 Å². The van der Waals surface area contributed by atoms with Gasteiger partial charge in [-0.3, -0.25) is 4.98 Å². The fraction of sp³-hybridized carbons (Fsp3) is 0.176. The second-order valence-corrected chi connectivity index (χ2v) is 5.10. The van der Waals surface area contributed by atoms with Crippen molar-refractivity contribution in [3.8, 4) is 34.0 Å². The molecule has 0 aliphatic carbocycles. The molecule has 0 aliphatic rings. The summed E-state index contributed by atoms with van der Waals surface area (Å²) >= 11 is 0. The SMILES string of the molecule is COc1ccc(-c2nc(N)[nH]c2-c2ccnc(C)c2)cc1OC. The molecule has 1 aromatic carbocycles. The average Bonchev–Trinajstić information content (AvgIpc) is 2.96. The fourth-order valence-corrected chi connectivity index (χ4v) is 2.49. The van der Waals surface area contributed by atoms with Crippen molar-refractivity contribution in [2.24, 2.45) is 0 Å². The molecule has 0 bridgehead atoms. The Balaban J connectivity index is 2.14. The second kappa shape index (κ2) is 6.00. The van der Waals surface area contributed by atoms with Crippen molar-refractivity contribution in [2.45, 2.75) is 6.92 Å². The molecule has 0 aliphatic heterocycles. The summed E-state index contributed by atoms with van der Waals surface area (Å²) in [4.78, 5) is 11.8. The molecule has 3 aromatic rings. The van der Waals surface area contributed by atoms with Crippen LogP contribution in [0.1, 0.15) is 5.69 Å². The summed E-state index contributed by atoms with van der Waals surface area (Å²) in [5.41, 5.74) is 10.3. The number of pyridine rings is 1. The van der Waals surface area contributed by atoms with Crippen LogP contribution in [-0.2, 0) is 0 Å². The van der Waals surface area contributed by atoms with E-state index in [4.69, 9.17) is 15.2 Å². The molecule has 0 unspecified atom stereocenters. The number of nitrogens with zero attached hydrogens (tertiary/aromatic N) is 2. The van der Waals surface area contributed by atoms with E-state index in [9.17, 15) is 0 Å². The molecule has 0 radical (unpaired) electrons. The second-order valence-electron chi connectivity index (χ2n) is 5.10. The average molecular weight is 310 g/mol. The maximum atomic E-state index is 5.88. The number of hydrogen-bond acceptors (Lipinski definition) is 5. The number of aromatic nitrogens is 3. The highest BCUT2D eigenvalue weighted by molar-refractivity contribution is 5.80. The van der Waals surface area contributed by atoms with E-state index in [1.807, 2.05) is 37.3 Å². The van der Waals surface area contributed by atoms with Gasteiger partial charge in [-0.2, -0.15) is 0 Å². The number of nitrogens with two attached hydrogens (primary N) is 1. The highest BCUT2D eigenvalue weighted by Gasteiger charge is 2.15. The van der Waals surface area contributed by atoms with E-state index < -0.39 is 0 Å². The van der Waals surface area contributed by atoms with Gasteiger partial charge in [0.2, 0.25) is 0 Å². The Labute approximate surface area is 134 Å². The van der Waals surface area contributed by atoms with E-state index in [1.54, 1.807) is 20.4 Å². The molecule has 0 atom stereocenters. The van der Waals surface area contributed by atoms with Crippen molar-refractivity contribution in [2.75, 3.05) is 20.0 Å². The molecule has 118 valence electrons. The van der Waals surface area contributed by atoms with Gasteiger partial charge in [0.15, 0.2) is 17.4 Å². The van der Waals surface area contributed by atoms with Crippen molar-refractivity contribution in [1.82, 2.24) is 15.0 Å². The van der Waals surface area contributed by atoms with E-state index in [0.717, 1.165) is 28.2 Å². The largest absolute Gasteiger partial charge is 0.493 e. The minimum Gasteiger partial charge on any atom is -0.493 e. The Bertz CT molecular complexity index is 842. The van der Waals surface area contributed by atoms with Crippen LogP contribution in [0, 0.1) is 6.92 Å². The minimum absolute atomic E-state index is 0.360. The van der Waals surface area contributed by atoms with Crippen molar-refractivity contribution in [1.29, 1.82) is 0 Å². The van der Waals surface area contributed by atoms with E-state index in [2.05, 4.69) is 15.0 Å². The van der Waals surface area contributed by atoms with E-state index in [-0.39, 0.29) is 0 Å². The molecule has 0 saturated heterocycles. The van der Waals surface area contributed by atoms with Crippen molar-refractivity contribution >= 4 is 5.95 Å². The van der Waals surface area contributed by atoms with Crippen LogP contribution >= 0.6 is 0 Å². The highest BCUT2D eigenvalue weighted by atomic mass is 16.5. The molecule has 23 heavy (non-hydrogen) atoms. The summed E-state index contributed by atoms with van der Waals surface area (Å²) in [6.45, 7) is 1.94. The van der Waals surface area contributed by atoms with Gasteiger partial charge in [-0.1, -0.05) is 0 Å². The molecule has 0 saturated carbocycles. The number of methoxy groups -OCH3 is 2. The molecule has 0 amide bonds. The Morgan fingerprint density at radius 1 is 1.00 bits per heavy atom. The summed E-state index contributed by atoms with van der Waals surface area (Å²) in [6, 6.07) is 9.56. The number of nitrogen functional groups attached to an aromatic ring is 1. The third-order valence-electron chi connectivity index (χ3n) is 3.56. The molecule has 3 rings (SSSR count). The molecule has 3 N–H and O–H groups in total. The molecule has 2 aromatic heterocycles. The number of nitrogens with one attached hydrogen (secondary N) is 1.